The molecule has 2 heterocycles. The molecule has 0 aliphatic carbocycles. The molecule has 0 unspecified atom stereocenters. The van der Waals surface area contributed by atoms with Gasteiger partial charge in [-0.1, -0.05) is 36.4 Å². The average Bonchev–Trinajstić information content (AvgIpc) is 2.79. The molecule has 1 N–H and O–H groups in total. The van der Waals surface area contributed by atoms with Gasteiger partial charge in [0, 0.05) is 56.2 Å². The molecule has 0 atom stereocenters. The summed E-state index contributed by atoms with van der Waals surface area (Å²) in [5, 5.41) is 2.98. The summed E-state index contributed by atoms with van der Waals surface area (Å²) in [6, 6.07) is 16.6. The van der Waals surface area contributed by atoms with Gasteiger partial charge in [-0.15, -0.1) is 11.8 Å². The van der Waals surface area contributed by atoms with Gasteiger partial charge in [-0.2, -0.15) is 0 Å². The lowest BCUT2D eigenvalue weighted by atomic mass is 10.00. The number of rotatable bonds is 7. The summed E-state index contributed by atoms with van der Waals surface area (Å²) in [7, 11) is 0. The van der Waals surface area contributed by atoms with Crippen LogP contribution >= 0.6 is 11.8 Å². The molecule has 2 aliphatic heterocycles. The van der Waals surface area contributed by atoms with Crippen molar-refractivity contribution in [1.82, 2.24) is 10.2 Å². The predicted molar refractivity (Wildman–Crippen MR) is 122 cm³/mol. The van der Waals surface area contributed by atoms with E-state index in [-0.39, 0.29) is 24.7 Å². The van der Waals surface area contributed by atoms with Gasteiger partial charge in [0.1, 0.15) is 0 Å². The number of hydrogen-bond acceptors (Lipinski definition) is 4. The van der Waals surface area contributed by atoms with Crippen molar-refractivity contribution >= 4 is 29.3 Å². The molecule has 0 saturated heterocycles. The Morgan fingerprint density at radius 2 is 1.77 bits per heavy atom. The van der Waals surface area contributed by atoms with Crippen molar-refractivity contribution in [2.24, 2.45) is 0 Å². The Morgan fingerprint density at radius 3 is 2.67 bits per heavy atom. The van der Waals surface area contributed by atoms with Gasteiger partial charge in [-0.05, 0) is 36.1 Å². The summed E-state index contributed by atoms with van der Waals surface area (Å²) in [4.78, 5) is 30.2. The summed E-state index contributed by atoms with van der Waals surface area (Å²) in [5.74, 6) is 0.896. The van der Waals surface area contributed by atoms with Gasteiger partial charge in [-0.25, -0.2) is 0 Å². The number of amides is 2. The second-order valence-electron chi connectivity index (χ2n) is 7.86. The molecule has 2 amide bonds. The molecular formula is C24H29N3O2S. The fourth-order valence-corrected chi connectivity index (χ4v) is 5.14. The summed E-state index contributed by atoms with van der Waals surface area (Å²) >= 11 is 1.78. The van der Waals surface area contributed by atoms with Crippen molar-refractivity contribution in [1.29, 1.82) is 0 Å². The monoisotopic (exact) mass is 423 g/mol. The molecule has 5 nitrogen and oxygen atoms in total. The summed E-state index contributed by atoms with van der Waals surface area (Å²) < 4.78 is 0. The van der Waals surface area contributed by atoms with Crippen LogP contribution in [0.1, 0.15) is 30.4 Å². The van der Waals surface area contributed by atoms with Crippen LogP contribution < -0.4 is 10.2 Å². The molecular weight excluding hydrogens is 394 g/mol. The second kappa shape index (κ2) is 10.1. The van der Waals surface area contributed by atoms with Crippen LogP contribution in [0.2, 0.25) is 0 Å². The van der Waals surface area contributed by atoms with Gasteiger partial charge in [0.25, 0.3) is 0 Å². The maximum atomic E-state index is 12.6. The molecule has 2 aromatic carbocycles. The van der Waals surface area contributed by atoms with Gasteiger partial charge in [0.15, 0.2) is 0 Å². The summed E-state index contributed by atoms with van der Waals surface area (Å²) in [6.45, 7) is 4.43. The van der Waals surface area contributed by atoms with Crippen LogP contribution in [-0.4, -0.2) is 48.6 Å². The Labute approximate surface area is 182 Å². The first-order chi connectivity index (χ1) is 14.7. The lowest BCUT2D eigenvalue weighted by Crippen LogP contribution is -2.36. The first-order valence-corrected chi connectivity index (χ1v) is 11.8. The minimum Gasteiger partial charge on any atom is -0.356 e. The van der Waals surface area contributed by atoms with E-state index in [4.69, 9.17) is 0 Å². The molecule has 2 aliphatic rings. The Hall–Kier alpha value is -2.31. The van der Waals surface area contributed by atoms with Crippen LogP contribution in [0, 0.1) is 0 Å². The van der Waals surface area contributed by atoms with Gasteiger partial charge in [0.2, 0.25) is 11.8 Å². The fourth-order valence-electron chi connectivity index (χ4n) is 4.15. The first-order valence-electron chi connectivity index (χ1n) is 10.8. The Bertz CT molecular complexity index is 902. The molecule has 0 spiro atoms. The van der Waals surface area contributed by atoms with E-state index < -0.39 is 0 Å². The number of hydrogen-bond donors (Lipinski definition) is 1. The molecule has 4 rings (SSSR count). The van der Waals surface area contributed by atoms with E-state index in [0.717, 1.165) is 48.8 Å². The highest BCUT2D eigenvalue weighted by molar-refractivity contribution is 7.99. The van der Waals surface area contributed by atoms with Crippen LogP contribution in [0.5, 0.6) is 0 Å². The van der Waals surface area contributed by atoms with Crippen molar-refractivity contribution < 1.29 is 9.59 Å². The molecule has 0 radical (unpaired) electrons. The quantitative estimate of drug-likeness (QED) is 0.693. The topological polar surface area (TPSA) is 52.7 Å². The molecule has 0 bridgehead atoms. The van der Waals surface area contributed by atoms with Crippen LogP contribution in [0.15, 0.2) is 53.4 Å². The maximum Gasteiger partial charge on any atom is 0.227 e. The van der Waals surface area contributed by atoms with Crippen LogP contribution in [0.25, 0.3) is 0 Å². The third-order valence-corrected chi connectivity index (χ3v) is 6.82. The van der Waals surface area contributed by atoms with E-state index in [9.17, 15) is 9.59 Å². The minimum absolute atomic E-state index is 0.0323. The number of benzene rings is 2. The molecule has 0 saturated carbocycles. The minimum atomic E-state index is -0.0352. The third kappa shape index (κ3) is 5.24. The number of nitrogens with one attached hydrogen (secondary N) is 1. The normalized spacial score (nSPS) is 15.9. The summed E-state index contributed by atoms with van der Waals surface area (Å²) in [5.41, 5.74) is 3.85. The van der Waals surface area contributed by atoms with Gasteiger partial charge < -0.3 is 10.2 Å². The predicted octanol–water partition coefficient (Wildman–Crippen LogP) is 3.47. The average molecular weight is 424 g/mol. The van der Waals surface area contributed by atoms with Gasteiger partial charge in [0.05, 0.1) is 5.69 Å². The molecule has 0 fully saturated rings. The van der Waals surface area contributed by atoms with Crippen molar-refractivity contribution in [3.8, 4) is 0 Å². The van der Waals surface area contributed by atoms with E-state index in [1.807, 2.05) is 29.2 Å². The van der Waals surface area contributed by atoms with E-state index in [0.29, 0.717) is 13.1 Å². The third-order valence-electron chi connectivity index (χ3n) is 5.78. The number of carbonyl (C=O) groups is 2. The number of fused-ring (bicyclic) bond motifs is 2. The smallest absolute Gasteiger partial charge is 0.227 e. The number of nitrogens with zero attached hydrogens (tertiary/aromatic N) is 2. The highest BCUT2D eigenvalue weighted by Crippen LogP contribution is 2.34. The lowest BCUT2D eigenvalue weighted by molar-refractivity contribution is -0.125. The second-order valence-corrected chi connectivity index (χ2v) is 9.00. The number of carbonyl (C=O) groups excluding carboxylic acids is 2. The zero-order chi connectivity index (χ0) is 20.8. The standard InChI is InChI=1S/C24H29N3O2S/c28-23(10-11-24(29)27-16-17-30-22-9-4-3-8-21(22)27)25-13-5-14-26-15-12-19-6-1-2-7-20(19)18-26/h1-4,6-9H,5,10-18H2,(H,25,28). The molecule has 158 valence electrons. The highest BCUT2D eigenvalue weighted by Gasteiger charge is 2.23. The van der Waals surface area contributed by atoms with E-state index >= 15 is 0 Å². The fraction of sp³-hybridized carbons (Fsp3) is 0.417. The maximum absolute atomic E-state index is 12.6. The molecule has 30 heavy (non-hydrogen) atoms. The van der Waals surface area contributed by atoms with Crippen molar-refractivity contribution in [3.05, 3.63) is 59.7 Å². The van der Waals surface area contributed by atoms with Crippen LogP contribution in [0.3, 0.4) is 0 Å². The van der Waals surface area contributed by atoms with Crippen LogP contribution in [0.4, 0.5) is 5.69 Å². The van der Waals surface area contributed by atoms with Gasteiger partial charge >= 0.3 is 0 Å². The Balaban J connectivity index is 1.15. The van der Waals surface area contributed by atoms with Crippen molar-refractivity contribution in [3.63, 3.8) is 0 Å². The molecule has 0 aromatic heterocycles. The number of anilines is 1. The zero-order valence-corrected chi connectivity index (χ0v) is 18.1. The summed E-state index contributed by atoms with van der Waals surface area (Å²) in [6.07, 6.45) is 2.54. The number of thioether (sulfide) groups is 1. The van der Waals surface area contributed by atoms with Gasteiger partial charge in [-0.3, -0.25) is 14.5 Å². The Morgan fingerprint density at radius 1 is 0.967 bits per heavy atom. The van der Waals surface area contributed by atoms with Crippen molar-refractivity contribution in [2.75, 3.05) is 36.8 Å². The highest BCUT2D eigenvalue weighted by atomic mass is 32.2. The van der Waals surface area contributed by atoms with E-state index in [1.165, 1.54) is 11.1 Å². The van der Waals surface area contributed by atoms with Crippen molar-refractivity contribution in [2.45, 2.75) is 37.1 Å². The van der Waals surface area contributed by atoms with E-state index in [2.05, 4.69) is 34.5 Å². The van der Waals surface area contributed by atoms with Crippen LogP contribution in [-0.2, 0) is 22.6 Å². The lowest BCUT2D eigenvalue weighted by Gasteiger charge is -2.29. The SMILES string of the molecule is O=C(CCC(=O)N1CCSc2ccccc21)NCCCN1CCc2ccccc2C1. The Kier molecular flexibility index (Phi) is 7.07. The largest absolute Gasteiger partial charge is 0.356 e. The molecule has 6 heteroatoms. The number of para-hydroxylation sites is 1. The van der Waals surface area contributed by atoms with E-state index in [1.54, 1.807) is 11.8 Å². The molecule has 2 aromatic rings. The first kappa shape index (κ1) is 20.9. The zero-order valence-electron chi connectivity index (χ0n) is 17.3.